The van der Waals surface area contributed by atoms with Gasteiger partial charge in [0.05, 0.1) is 4.90 Å². The minimum atomic E-state index is -3.79. The second kappa shape index (κ2) is 7.63. The van der Waals surface area contributed by atoms with Gasteiger partial charge < -0.3 is 9.80 Å². The van der Waals surface area contributed by atoms with E-state index in [-0.39, 0.29) is 9.80 Å². The van der Waals surface area contributed by atoms with Crippen LogP contribution >= 0.6 is 0 Å². The van der Waals surface area contributed by atoms with Gasteiger partial charge in [-0.15, -0.1) is 0 Å². The average Bonchev–Trinajstić information content (AvgIpc) is 2.67. The molecule has 0 bridgehead atoms. The molecule has 0 unspecified atom stereocenters. The third-order valence-electron chi connectivity index (χ3n) is 4.47. The Bertz CT molecular complexity index is 921. The van der Waals surface area contributed by atoms with E-state index in [4.69, 9.17) is 0 Å². The fraction of sp³-hybridized carbons (Fsp3) is 0.250. The topological polar surface area (TPSA) is 64.4 Å². The van der Waals surface area contributed by atoms with Gasteiger partial charge in [-0.25, -0.2) is 8.42 Å². The first-order valence-corrected chi connectivity index (χ1v) is 9.97. The molecule has 0 aliphatic carbocycles. The van der Waals surface area contributed by atoms with E-state index in [0.29, 0.717) is 13.1 Å². The number of para-hydroxylation sites is 1. The van der Waals surface area contributed by atoms with Crippen molar-refractivity contribution in [2.45, 2.75) is 11.8 Å². The van der Waals surface area contributed by atoms with Crippen molar-refractivity contribution in [3.05, 3.63) is 71.3 Å². The zero-order chi connectivity index (χ0) is 18.6. The maximum Gasteiger partial charge on any atom is 0.218 e. The fourth-order valence-corrected chi connectivity index (χ4v) is 4.07. The SMILES string of the molecule is Cc1ccc(S(=O)(=O)/C(C#N)=C\N2CCN(c3ccccc3)CC2)cc1. The molecule has 0 radical (unpaired) electrons. The van der Waals surface area contributed by atoms with Crippen molar-refractivity contribution in [2.75, 3.05) is 31.1 Å². The summed E-state index contributed by atoms with van der Waals surface area (Å²) in [5.74, 6) is 0. The van der Waals surface area contributed by atoms with Gasteiger partial charge in [0.1, 0.15) is 6.07 Å². The van der Waals surface area contributed by atoms with E-state index in [0.717, 1.165) is 24.3 Å². The molecule has 1 aliphatic rings. The van der Waals surface area contributed by atoms with Crippen LogP contribution < -0.4 is 4.90 Å². The second-order valence-electron chi connectivity index (χ2n) is 6.28. The Kier molecular flexibility index (Phi) is 5.29. The molecule has 1 saturated heterocycles. The molecule has 5 nitrogen and oxygen atoms in total. The Hall–Kier alpha value is -2.78. The highest BCUT2D eigenvalue weighted by Gasteiger charge is 2.23. The van der Waals surface area contributed by atoms with Gasteiger partial charge >= 0.3 is 0 Å². The van der Waals surface area contributed by atoms with Gasteiger partial charge in [0, 0.05) is 38.1 Å². The number of nitrogens with zero attached hydrogens (tertiary/aromatic N) is 3. The van der Waals surface area contributed by atoms with Gasteiger partial charge in [-0.2, -0.15) is 5.26 Å². The Morgan fingerprint density at radius 3 is 2.19 bits per heavy atom. The van der Waals surface area contributed by atoms with Crippen LogP contribution in [0.25, 0.3) is 0 Å². The molecule has 3 rings (SSSR count). The molecule has 1 aliphatic heterocycles. The molecule has 0 aromatic heterocycles. The van der Waals surface area contributed by atoms with E-state index in [9.17, 15) is 13.7 Å². The normalized spacial score (nSPS) is 15.6. The maximum atomic E-state index is 12.7. The maximum absolute atomic E-state index is 12.7. The zero-order valence-electron chi connectivity index (χ0n) is 14.7. The number of aryl methyl sites for hydroxylation is 1. The van der Waals surface area contributed by atoms with Gasteiger partial charge in [0.15, 0.2) is 4.91 Å². The quantitative estimate of drug-likeness (QED) is 0.778. The Morgan fingerprint density at radius 1 is 1.00 bits per heavy atom. The number of hydrogen-bond acceptors (Lipinski definition) is 5. The van der Waals surface area contributed by atoms with Gasteiger partial charge in [0.25, 0.3) is 0 Å². The Labute approximate surface area is 154 Å². The highest BCUT2D eigenvalue weighted by molar-refractivity contribution is 7.95. The summed E-state index contributed by atoms with van der Waals surface area (Å²) in [5.41, 5.74) is 2.13. The van der Waals surface area contributed by atoms with Crippen LogP contribution in [0.1, 0.15) is 5.56 Å². The van der Waals surface area contributed by atoms with E-state index in [1.54, 1.807) is 24.3 Å². The van der Waals surface area contributed by atoms with Crippen molar-refractivity contribution >= 4 is 15.5 Å². The lowest BCUT2D eigenvalue weighted by molar-refractivity contribution is 0.348. The van der Waals surface area contributed by atoms with Crippen molar-refractivity contribution in [1.82, 2.24) is 4.90 Å². The number of piperazine rings is 1. The molecular weight excluding hydrogens is 346 g/mol. The van der Waals surface area contributed by atoms with E-state index >= 15 is 0 Å². The second-order valence-corrected chi connectivity index (χ2v) is 8.20. The number of nitriles is 1. The Balaban J connectivity index is 1.74. The number of hydrogen-bond donors (Lipinski definition) is 0. The molecule has 0 atom stereocenters. The molecule has 2 aromatic carbocycles. The predicted molar refractivity (Wildman–Crippen MR) is 102 cm³/mol. The predicted octanol–water partition coefficient (Wildman–Crippen LogP) is 2.96. The molecular formula is C20H21N3O2S. The highest BCUT2D eigenvalue weighted by Crippen LogP contribution is 2.21. The lowest BCUT2D eigenvalue weighted by atomic mass is 10.2. The average molecular weight is 367 g/mol. The van der Waals surface area contributed by atoms with Gasteiger partial charge in [-0.05, 0) is 31.2 Å². The van der Waals surface area contributed by atoms with E-state index in [1.165, 1.54) is 6.20 Å². The first kappa shape index (κ1) is 18.0. The molecule has 2 aromatic rings. The number of benzene rings is 2. The van der Waals surface area contributed by atoms with E-state index < -0.39 is 9.84 Å². The minimum absolute atomic E-state index is 0.152. The first-order valence-electron chi connectivity index (χ1n) is 8.48. The molecule has 6 heteroatoms. The van der Waals surface area contributed by atoms with Crippen molar-refractivity contribution in [3.8, 4) is 6.07 Å². The molecule has 134 valence electrons. The minimum Gasteiger partial charge on any atom is -0.372 e. The van der Waals surface area contributed by atoms with Crippen molar-refractivity contribution in [2.24, 2.45) is 0 Å². The number of anilines is 1. The van der Waals surface area contributed by atoms with Crippen LogP contribution in [0, 0.1) is 18.3 Å². The summed E-state index contributed by atoms with van der Waals surface area (Å²) in [5, 5.41) is 9.40. The summed E-state index contributed by atoms with van der Waals surface area (Å²) in [6.45, 7) is 4.80. The molecule has 0 saturated carbocycles. The summed E-state index contributed by atoms with van der Waals surface area (Å²) < 4.78 is 25.4. The third-order valence-corrected chi connectivity index (χ3v) is 6.13. The summed E-state index contributed by atoms with van der Waals surface area (Å²) in [4.78, 5) is 4.10. The van der Waals surface area contributed by atoms with Crippen LogP contribution in [0.5, 0.6) is 0 Å². The monoisotopic (exact) mass is 367 g/mol. The molecule has 0 N–H and O–H groups in total. The van der Waals surface area contributed by atoms with Crippen LogP contribution in [-0.4, -0.2) is 39.5 Å². The van der Waals surface area contributed by atoms with Crippen molar-refractivity contribution < 1.29 is 8.42 Å². The van der Waals surface area contributed by atoms with Crippen LogP contribution in [0.4, 0.5) is 5.69 Å². The summed E-state index contributed by atoms with van der Waals surface area (Å²) >= 11 is 0. The van der Waals surface area contributed by atoms with Crippen LogP contribution in [-0.2, 0) is 9.84 Å². The molecule has 26 heavy (non-hydrogen) atoms. The van der Waals surface area contributed by atoms with E-state index in [1.807, 2.05) is 36.1 Å². The molecule has 0 spiro atoms. The van der Waals surface area contributed by atoms with Crippen molar-refractivity contribution in [3.63, 3.8) is 0 Å². The molecule has 0 amide bonds. The lowest BCUT2D eigenvalue weighted by Gasteiger charge is -2.35. The van der Waals surface area contributed by atoms with Crippen LogP contribution in [0.2, 0.25) is 0 Å². The first-order chi connectivity index (χ1) is 12.5. The molecule has 1 fully saturated rings. The lowest BCUT2D eigenvalue weighted by Crippen LogP contribution is -2.44. The van der Waals surface area contributed by atoms with Gasteiger partial charge in [-0.1, -0.05) is 35.9 Å². The van der Waals surface area contributed by atoms with Gasteiger partial charge in [0.2, 0.25) is 9.84 Å². The van der Waals surface area contributed by atoms with Crippen molar-refractivity contribution in [1.29, 1.82) is 5.26 Å². The summed E-state index contributed by atoms with van der Waals surface area (Å²) in [6, 6.07) is 18.5. The fourth-order valence-electron chi connectivity index (χ4n) is 2.92. The van der Waals surface area contributed by atoms with Crippen LogP contribution in [0.15, 0.2) is 70.6 Å². The van der Waals surface area contributed by atoms with E-state index in [2.05, 4.69) is 17.0 Å². The largest absolute Gasteiger partial charge is 0.372 e. The standard InChI is InChI=1S/C20H21N3O2S/c1-17-7-9-19(10-8-17)26(24,25)20(15-21)16-22-11-13-23(14-12-22)18-5-3-2-4-6-18/h2-10,16H,11-14H2,1H3/b20-16-. The zero-order valence-corrected chi connectivity index (χ0v) is 15.5. The number of rotatable bonds is 4. The number of sulfone groups is 1. The Morgan fingerprint density at radius 2 is 1.62 bits per heavy atom. The summed E-state index contributed by atoms with van der Waals surface area (Å²) in [6.07, 6.45) is 1.48. The highest BCUT2D eigenvalue weighted by atomic mass is 32.2. The van der Waals surface area contributed by atoms with Crippen LogP contribution in [0.3, 0.4) is 0 Å². The third kappa shape index (κ3) is 3.89. The van der Waals surface area contributed by atoms with Gasteiger partial charge in [-0.3, -0.25) is 0 Å². The number of allylic oxidation sites excluding steroid dienone is 1. The molecule has 1 heterocycles. The summed E-state index contributed by atoms with van der Waals surface area (Å²) in [7, 11) is -3.79. The smallest absolute Gasteiger partial charge is 0.218 e.